The number of allylic oxidation sites excluding steroid dienone is 2. The van der Waals surface area contributed by atoms with Crippen LogP contribution in [0.2, 0.25) is 0 Å². The molecule has 0 spiro atoms. The molecule has 44 valence electrons. The molecule has 0 radical (unpaired) electrons. The van der Waals surface area contributed by atoms with E-state index < -0.39 is 0 Å². The molecule has 0 N–H and O–H groups in total. The molecule has 0 amide bonds. The Bertz CT molecular complexity index is 233. The van der Waals surface area contributed by atoms with Crippen molar-refractivity contribution >= 4 is 11.9 Å². The minimum atomic E-state index is 0.356. The Morgan fingerprint density at radius 3 is 3.22 bits per heavy atom. The molecule has 2 rings (SSSR count). The lowest BCUT2D eigenvalue weighted by atomic mass is 10.1. The standard InChI is InChI=1S/C7H6N2/c1-4-9-7-2-3-8-5-6(1)7/h1-6H/t6-/m1/s1. The number of hydrogen-bond acceptors (Lipinski definition) is 2. The van der Waals surface area contributed by atoms with Crippen molar-refractivity contribution in [2.75, 3.05) is 0 Å². The molecular weight excluding hydrogens is 112 g/mol. The molecule has 9 heavy (non-hydrogen) atoms. The van der Waals surface area contributed by atoms with Crippen LogP contribution in [0.4, 0.5) is 0 Å². The van der Waals surface area contributed by atoms with Gasteiger partial charge in [0.15, 0.2) is 0 Å². The molecule has 0 aromatic carbocycles. The molecule has 0 aliphatic carbocycles. The number of fused-ring (bicyclic) bond motifs is 1. The van der Waals surface area contributed by atoms with Gasteiger partial charge in [-0.1, -0.05) is 6.08 Å². The average Bonchev–Trinajstić information content (AvgIpc) is 2.33. The molecule has 2 heteroatoms. The van der Waals surface area contributed by atoms with Crippen molar-refractivity contribution in [1.82, 2.24) is 0 Å². The molecule has 2 aliphatic heterocycles. The lowest BCUT2D eigenvalue weighted by Gasteiger charge is -2.03. The van der Waals surface area contributed by atoms with Crippen LogP contribution in [0.1, 0.15) is 0 Å². The molecule has 0 aromatic heterocycles. The van der Waals surface area contributed by atoms with E-state index in [-0.39, 0.29) is 0 Å². The van der Waals surface area contributed by atoms with Crippen molar-refractivity contribution in [3.63, 3.8) is 0 Å². The van der Waals surface area contributed by atoms with E-state index in [0.717, 1.165) is 5.71 Å². The summed E-state index contributed by atoms with van der Waals surface area (Å²) in [5.41, 5.74) is 1.10. The second kappa shape index (κ2) is 1.65. The van der Waals surface area contributed by atoms with E-state index in [1.807, 2.05) is 24.6 Å². The third-order valence-electron chi connectivity index (χ3n) is 1.44. The van der Waals surface area contributed by atoms with E-state index in [2.05, 4.69) is 9.98 Å². The summed E-state index contributed by atoms with van der Waals surface area (Å²) in [6, 6.07) is 0. The van der Waals surface area contributed by atoms with Gasteiger partial charge >= 0.3 is 0 Å². The molecule has 2 aliphatic rings. The van der Waals surface area contributed by atoms with Gasteiger partial charge in [-0.15, -0.1) is 0 Å². The van der Waals surface area contributed by atoms with Crippen molar-refractivity contribution in [2.24, 2.45) is 15.9 Å². The van der Waals surface area contributed by atoms with Gasteiger partial charge in [-0.25, -0.2) is 0 Å². The third-order valence-corrected chi connectivity index (χ3v) is 1.44. The van der Waals surface area contributed by atoms with Crippen LogP contribution in [-0.4, -0.2) is 11.9 Å². The molecule has 0 unspecified atom stereocenters. The maximum Gasteiger partial charge on any atom is 0.0564 e. The van der Waals surface area contributed by atoms with Crippen molar-refractivity contribution in [3.8, 4) is 0 Å². The molecule has 0 bridgehead atoms. The molecule has 2 nitrogen and oxygen atoms in total. The topological polar surface area (TPSA) is 24.7 Å². The maximum atomic E-state index is 4.12. The summed E-state index contributed by atoms with van der Waals surface area (Å²) in [6.07, 6.45) is 9.44. The van der Waals surface area contributed by atoms with Crippen molar-refractivity contribution in [2.45, 2.75) is 0 Å². The lowest BCUT2D eigenvalue weighted by molar-refractivity contribution is 1.26. The minimum Gasteiger partial charge on any atom is -0.268 e. The van der Waals surface area contributed by atoms with Crippen LogP contribution in [-0.2, 0) is 0 Å². The van der Waals surface area contributed by atoms with Crippen LogP contribution in [0.25, 0.3) is 0 Å². The number of rotatable bonds is 0. The molecule has 2 heterocycles. The fraction of sp³-hybridized carbons (Fsp3) is 0.143. The molecule has 0 aromatic rings. The summed E-state index contributed by atoms with van der Waals surface area (Å²) < 4.78 is 0. The van der Waals surface area contributed by atoms with Crippen LogP contribution < -0.4 is 0 Å². The van der Waals surface area contributed by atoms with Crippen molar-refractivity contribution < 1.29 is 0 Å². The smallest absolute Gasteiger partial charge is 0.0564 e. The highest BCUT2D eigenvalue weighted by Crippen LogP contribution is 2.11. The van der Waals surface area contributed by atoms with Gasteiger partial charge in [0.05, 0.1) is 11.6 Å². The van der Waals surface area contributed by atoms with Crippen molar-refractivity contribution in [1.29, 1.82) is 0 Å². The maximum absolute atomic E-state index is 4.12. The SMILES string of the molecule is C1=CC2=NC=C[C@@H]2C=N1. The van der Waals surface area contributed by atoms with Crippen LogP contribution in [0.5, 0.6) is 0 Å². The highest BCUT2D eigenvalue weighted by Gasteiger charge is 2.12. The van der Waals surface area contributed by atoms with Crippen LogP contribution in [0.15, 0.2) is 34.5 Å². The summed E-state index contributed by atoms with van der Waals surface area (Å²) in [5.74, 6) is 0.356. The van der Waals surface area contributed by atoms with Crippen molar-refractivity contribution in [3.05, 3.63) is 24.6 Å². The quantitative estimate of drug-likeness (QED) is 0.456. The van der Waals surface area contributed by atoms with E-state index >= 15 is 0 Å². The fourth-order valence-electron chi connectivity index (χ4n) is 0.948. The Labute approximate surface area is 53.3 Å². The molecule has 1 atom stereocenters. The monoisotopic (exact) mass is 118 g/mol. The summed E-state index contributed by atoms with van der Waals surface area (Å²) in [7, 11) is 0. The zero-order chi connectivity index (χ0) is 6.10. The fourth-order valence-corrected chi connectivity index (χ4v) is 0.948. The first kappa shape index (κ1) is 4.68. The predicted molar refractivity (Wildman–Crippen MR) is 37.7 cm³/mol. The summed E-state index contributed by atoms with van der Waals surface area (Å²) in [4.78, 5) is 8.10. The van der Waals surface area contributed by atoms with Gasteiger partial charge in [0.2, 0.25) is 0 Å². The zero-order valence-corrected chi connectivity index (χ0v) is 4.86. The van der Waals surface area contributed by atoms with Gasteiger partial charge in [0.25, 0.3) is 0 Å². The number of aliphatic imine (C=N–C) groups is 2. The summed E-state index contributed by atoms with van der Waals surface area (Å²) in [5, 5.41) is 0. The Balaban J connectivity index is 2.40. The van der Waals surface area contributed by atoms with Gasteiger partial charge in [-0.2, -0.15) is 0 Å². The molecular formula is C7H6N2. The van der Waals surface area contributed by atoms with Gasteiger partial charge in [0.1, 0.15) is 0 Å². The van der Waals surface area contributed by atoms with E-state index in [9.17, 15) is 0 Å². The van der Waals surface area contributed by atoms with E-state index in [1.54, 1.807) is 6.20 Å². The average molecular weight is 118 g/mol. The summed E-state index contributed by atoms with van der Waals surface area (Å²) >= 11 is 0. The van der Waals surface area contributed by atoms with Crippen LogP contribution >= 0.6 is 0 Å². The van der Waals surface area contributed by atoms with E-state index in [1.165, 1.54) is 0 Å². The molecule has 0 saturated carbocycles. The van der Waals surface area contributed by atoms with Crippen LogP contribution in [0, 0.1) is 5.92 Å². The Kier molecular flexibility index (Phi) is 0.859. The lowest BCUT2D eigenvalue weighted by Crippen LogP contribution is -2.09. The largest absolute Gasteiger partial charge is 0.268 e. The highest BCUT2D eigenvalue weighted by molar-refractivity contribution is 6.10. The van der Waals surface area contributed by atoms with E-state index in [4.69, 9.17) is 0 Å². The number of hydrogen-bond donors (Lipinski definition) is 0. The first-order valence-electron chi connectivity index (χ1n) is 2.91. The first-order valence-corrected chi connectivity index (χ1v) is 2.91. The zero-order valence-electron chi connectivity index (χ0n) is 4.86. The third kappa shape index (κ3) is 0.633. The summed E-state index contributed by atoms with van der Waals surface area (Å²) in [6.45, 7) is 0. The Hall–Kier alpha value is -1.18. The van der Waals surface area contributed by atoms with Gasteiger partial charge in [0, 0.05) is 18.6 Å². The Morgan fingerprint density at radius 1 is 1.33 bits per heavy atom. The molecule has 0 fully saturated rings. The second-order valence-electron chi connectivity index (χ2n) is 2.04. The number of nitrogens with zero attached hydrogens (tertiary/aromatic N) is 2. The normalized spacial score (nSPS) is 28.4. The predicted octanol–water partition coefficient (Wildman–Crippen LogP) is 1.17. The first-order chi connectivity index (χ1) is 4.47. The molecule has 0 saturated heterocycles. The van der Waals surface area contributed by atoms with Crippen LogP contribution in [0.3, 0.4) is 0 Å². The highest BCUT2D eigenvalue weighted by atomic mass is 14.8. The minimum absolute atomic E-state index is 0.356. The Morgan fingerprint density at radius 2 is 2.33 bits per heavy atom. The van der Waals surface area contributed by atoms with Gasteiger partial charge in [-0.3, -0.25) is 9.98 Å². The van der Waals surface area contributed by atoms with Gasteiger partial charge < -0.3 is 0 Å². The van der Waals surface area contributed by atoms with Gasteiger partial charge in [-0.05, 0) is 6.08 Å². The van der Waals surface area contributed by atoms with E-state index in [0.29, 0.717) is 5.92 Å². The second-order valence-corrected chi connectivity index (χ2v) is 2.04.